The van der Waals surface area contributed by atoms with Gasteiger partial charge in [0.25, 0.3) is 0 Å². The van der Waals surface area contributed by atoms with Gasteiger partial charge in [-0.05, 0) is 53.5 Å². The molecule has 0 bridgehead atoms. The van der Waals surface area contributed by atoms with Crippen LogP contribution in [0.5, 0.6) is 0 Å². The van der Waals surface area contributed by atoms with E-state index in [1.165, 1.54) is 4.90 Å². The smallest absolute Gasteiger partial charge is 0.411 e. The summed E-state index contributed by atoms with van der Waals surface area (Å²) in [5.41, 5.74) is -0.250. The quantitative estimate of drug-likeness (QED) is 0.575. The van der Waals surface area contributed by atoms with E-state index in [0.717, 1.165) is 5.57 Å². The van der Waals surface area contributed by atoms with E-state index in [1.807, 2.05) is 0 Å². The molecule has 132 valence electrons. The second-order valence-electron chi connectivity index (χ2n) is 7.69. The molecule has 1 fully saturated rings. The van der Waals surface area contributed by atoms with Crippen LogP contribution < -0.4 is 0 Å². The molecule has 1 heterocycles. The molecule has 0 aromatic rings. The lowest BCUT2D eigenvalue weighted by molar-refractivity contribution is -0.161. The van der Waals surface area contributed by atoms with Crippen LogP contribution in [-0.4, -0.2) is 47.9 Å². The molecule has 0 radical (unpaired) electrons. The van der Waals surface area contributed by atoms with Crippen LogP contribution in [0.3, 0.4) is 0 Å². The van der Waals surface area contributed by atoms with Crippen LogP contribution in [0.2, 0.25) is 0 Å². The lowest BCUT2D eigenvalue weighted by atomic mass is 9.97. The standard InChI is InChI=1S/C17H29NO5/c1-16(2,3)22-14(19)13-10-12(11-21-7)8-9-18(13)15(20)23-17(4,5)6/h11,13H,8-10H2,1-7H3/b12-11+. The first-order valence-electron chi connectivity index (χ1n) is 7.86. The first kappa shape index (κ1) is 19.3. The Bertz CT molecular complexity index is 470. The molecule has 1 aliphatic rings. The number of ether oxygens (including phenoxy) is 3. The fourth-order valence-electron chi connectivity index (χ4n) is 2.27. The maximum atomic E-state index is 12.5. The number of nitrogens with zero attached hydrogens (tertiary/aromatic N) is 1. The summed E-state index contributed by atoms with van der Waals surface area (Å²) >= 11 is 0. The largest absolute Gasteiger partial charge is 0.504 e. The number of rotatable bonds is 2. The fourth-order valence-corrected chi connectivity index (χ4v) is 2.27. The van der Waals surface area contributed by atoms with Gasteiger partial charge < -0.3 is 14.2 Å². The van der Waals surface area contributed by atoms with Crippen molar-refractivity contribution in [3.05, 3.63) is 11.8 Å². The van der Waals surface area contributed by atoms with Crippen molar-refractivity contribution in [1.29, 1.82) is 0 Å². The Kier molecular flexibility index (Phi) is 6.08. The van der Waals surface area contributed by atoms with E-state index in [4.69, 9.17) is 14.2 Å². The molecule has 0 aliphatic carbocycles. The molecule has 6 nitrogen and oxygen atoms in total. The van der Waals surface area contributed by atoms with Crippen LogP contribution in [0, 0.1) is 0 Å². The third-order valence-corrected chi connectivity index (χ3v) is 3.10. The summed E-state index contributed by atoms with van der Waals surface area (Å²) < 4.78 is 15.9. The highest BCUT2D eigenvalue weighted by atomic mass is 16.6. The van der Waals surface area contributed by atoms with Crippen molar-refractivity contribution in [2.45, 2.75) is 71.6 Å². The van der Waals surface area contributed by atoms with Crippen LogP contribution in [0.4, 0.5) is 4.79 Å². The van der Waals surface area contributed by atoms with Gasteiger partial charge >= 0.3 is 12.1 Å². The summed E-state index contributed by atoms with van der Waals surface area (Å²) in [6.07, 6.45) is 2.17. The van der Waals surface area contributed by atoms with E-state index < -0.39 is 29.3 Å². The van der Waals surface area contributed by atoms with Gasteiger partial charge in [0.05, 0.1) is 13.4 Å². The first-order valence-corrected chi connectivity index (χ1v) is 7.86. The molecule has 23 heavy (non-hydrogen) atoms. The van der Waals surface area contributed by atoms with Gasteiger partial charge in [0, 0.05) is 13.0 Å². The lowest BCUT2D eigenvalue weighted by Crippen LogP contribution is -2.51. The second-order valence-corrected chi connectivity index (χ2v) is 7.69. The van der Waals surface area contributed by atoms with Crippen LogP contribution in [-0.2, 0) is 19.0 Å². The molecule has 1 rings (SSSR count). The molecular weight excluding hydrogens is 298 g/mol. The van der Waals surface area contributed by atoms with Gasteiger partial charge in [-0.1, -0.05) is 0 Å². The van der Waals surface area contributed by atoms with Gasteiger partial charge in [0.1, 0.15) is 17.2 Å². The zero-order valence-corrected chi connectivity index (χ0v) is 15.3. The van der Waals surface area contributed by atoms with Gasteiger partial charge in [-0.25, -0.2) is 9.59 Å². The van der Waals surface area contributed by atoms with Crippen molar-refractivity contribution in [2.75, 3.05) is 13.7 Å². The number of methoxy groups -OCH3 is 1. The van der Waals surface area contributed by atoms with Crippen molar-refractivity contribution < 1.29 is 23.8 Å². The van der Waals surface area contributed by atoms with Gasteiger partial charge in [-0.3, -0.25) is 4.90 Å². The highest BCUT2D eigenvalue weighted by Gasteiger charge is 2.38. The van der Waals surface area contributed by atoms with Gasteiger partial charge in [0.2, 0.25) is 0 Å². The zero-order valence-electron chi connectivity index (χ0n) is 15.3. The summed E-state index contributed by atoms with van der Waals surface area (Å²) in [7, 11) is 1.57. The van der Waals surface area contributed by atoms with Crippen molar-refractivity contribution in [3.63, 3.8) is 0 Å². The average molecular weight is 327 g/mol. The number of hydrogen-bond acceptors (Lipinski definition) is 5. The lowest BCUT2D eigenvalue weighted by Gasteiger charge is -2.37. The summed E-state index contributed by atoms with van der Waals surface area (Å²) in [5, 5.41) is 0. The summed E-state index contributed by atoms with van der Waals surface area (Å²) in [4.78, 5) is 26.4. The molecule has 0 aromatic carbocycles. The Balaban J connectivity index is 2.95. The molecular formula is C17H29NO5. The maximum Gasteiger partial charge on any atom is 0.411 e. The van der Waals surface area contributed by atoms with Crippen LogP contribution in [0.15, 0.2) is 11.8 Å². The van der Waals surface area contributed by atoms with E-state index >= 15 is 0 Å². The molecule has 0 saturated carbocycles. The van der Waals surface area contributed by atoms with Crippen LogP contribution in [0.25, 0.3) is 0 Å². The Morgan fingerprint density at radius 1 is 1.09 bits per heavy atom. The predicted octanol–water partition coefficient (Wildman–Crippen LogP) is 3.26. The molecule has 1 unspecified atom stereocenters. The highest BCUT2D eigenvalue weighted by molar-refractivity contribution is 5.82. The molecule has 1 amide bonds. The Morgan fingerprint density at radius 3 is 2.13 bits per heavy atom. The van der Waals surface area contributed by atoms with E-state index in [9.17, 15) is 9.59 Å². The van der Waals surface area contributed by atoms with Crippen LogP contribution in [0.1, 0.15) is 54.4 Å². The molecule has 1 atom stereocenters. The second kappa shape index (κ2) is 7.23. The summed E-state index contributed by atoms with van der Waals surface area (Å²) in [6, 6.07) is -0.695. The molecule has 0 spiro atoms. The number of carbonyl (C=O) groups excluding carboxylic acids is 2. The maximum absolute atomic E-state index is 12.5. The number of carbonyl (C=O) groups is 2. The average Bonchev–Trinajstić information content (AvgIpc) is 2.34. The monoisotopic (exact) mass is 327 g/mol. The minimum absolute atomic E-state index is 0.391. The van der Waals surface area contributed by atoms with Crippen molar-refractivity contribution in [3.8, 4) is 0 Å². The molecule has 0 aromatic heterocycles. The minimum atomic E-state index is -0.695. The summed E-state index contributed by atoms with van der Waals surface area (Å²) in [6.45, 7) is 11.2. The number of likely N-dealkylation sites (tertiary alicyclic amines) is 1. The third-order valence-electron chi connectivity index (χ3n) is 3.10. The Labute approximate surface area is 138 Å². The Hall–Kier alpha value is -1.72. The van der Waals surface area contributed by atoms with Crippen molar-refractivity contribution in [1.82, 2.24) is 4.90 Å². The van der Waals surface area contributed by atoms with E-state index in [0.29, 0.717) is 19.4 Å². The van der Waals surface area contributed by atoms with Gasteiger partial charge in [0.15, 0.2) is 0 Å². The number of piperidine rings is 1. The van der Waals surface area contributed by atoms with Crippen molar-refractivity contribution >= 4 is 12.1 Å². The number of hydrogen-bond donors (Lipinski definition) is 0. The molecule has 1 aliphatic heterocycles. The third kappa shape index (κ3) is 6.50. The highest BCUT2D eigenvalue weighted by Crippen LogP contribution is 2.26. The van der Waals surface area contributed by atoms with Gasteiger partial charge in [-0.15, -0.1) is 0 Å². The molecule has 1 saturated heterocycles. The SMILES string of the molecule is CO/C=C1\CCN(C(=O)OC(C)(C)C)C(C(=O)OC(C)(C)C)C1. The number of amides is 1. The van der Waals surface area contributed by atoms with E-state index in [2.05, 4.69) is 0 Å². The zero-order chi connectivity index (χ0) is 17.8. The number of esters is 1. The molecule has 0 N–H and O–H groups in total. The minimum Gasteiger partial charge on any atom is -0.504 e. The van der Waals surface area contributed by atoms with E-state index in [1.54, 1.807) is 54.9 Å². The fraction of sp³-hybridized carbons (Fsp3) is 0.765. The molecule has 6 heteroatoms. The first-order chi connectivity index (χ1) is 10.4. The van der Waals surface area contributed by atoms with E-state index in [-0.39, 0.29) is 0 Å². The normalized spacial score (nSPS) is 21.1. The Morgan fingerprint density at radius 2 is 1.65 bits per heavy atom. The summed E-state index contributed by atoms with van der Waals surface area (Å²) in [5.74, 6) is -0.426. The van der Waals surface area contributed by atoms with Gasteiger partial charge in [-0.2, -0.15) is 0 Å². The topological polar surface area (TPSA) is 65.1 Å². The van der Waals surface area contributed by atoms with Crippen molar-refractivity contribution in [2.24, 2.45) is 0 Å². The predicted molar refractivity (Wildman–Crippen MR) is 86.9 cm³/mol. The van der Waals surface area contributed by atoms with Crippen LogP contribution >= 0.6 is 0 Å².